The molecule has 1 radical (unpaired) electrons. The molecule has 0 aliphatic heterocycles. The van der Waals surface area contributed by atoms with Crippen molar-refractivity contribution in [2.75, 3.05) is 0 Å². The van der Waals surface area contributed by atoms with E-state index in [1.165, 1.54) is 0 Å². The summed E-state index contributed by atoms with van der Waals surface area (Å²) >= 11 is 0. The topological polar surface area (TPSA) is 26.9 Å². The van der Waals surface area contributed by atoms with E-state index in [4.69, 9.17) is 0 Å². The summed E-state index contributed by atoms with van der Waals surface area (Å²) in [5.74, 6) is 0. The third-order valence-electron chi connectivity index (χ3n) is 2.08. The van der Waals surface area contributed by atoms with E-state index in [-0.39, 0.29) is 5.69 Å². The summed E-state index contributed by atoms with van der Waals surface area (Å²) in [6, 6.07) is 8.62. The van der Waals surface area contributed by atoms with Crippen LogP contribution < -0.4 is 5.69 Å². The fourth-order valence-corrected chi connectivity index (χ4v) is 1.38. The first kappa shape index (κ1) is 7.16. The van der Waals surface area contributed by atoms with Gasteiger partial charge >= 0.3 is 5.69 Å². The van der Waals surface area contributed by atoms with E-state index in [2.05, 4.69) is 6.07 Å². The molecule has 0 N–H and O–H groups in total. The minimum Gasteiger partial charge on any atom is -0.295 e. The highest BCUT2D eigenvalue weighted by molar-refractivity contribution is 5.74. The Morgan fingerprint density at radius 3 is 2.75 bits per heavy atom. The number of imidazole rings is 1. The van der Waals surface area contributed by atoms with Crippen molar-refractivity contribution in [2.45, 2.75) is 0 Å². The summed E-state index contributed by atoms with van der Waals surface area (Å²) in [4.78, 5) is 11.4. The normalized spacial score (nSPS) is 10.8. The van der Waals surface area contributed by atoms with Gasteiger partial charge < -0.3 is 0 Å². The maximum atomic E-state index is 11.4. The number of nitrogens with zero attached hydrogens (tertiary/aromatic N) is 2. The summed E-state index contributed by atoms with van der Waals surface area (Å²) in [7, 11) is 3.51. The van der Waals surface area contributed by atoms with Gasteiger partial charge in [0.05, 0.1) is 11.0 Å². The fourth-order valence-electron chi connectivity index (χ4n) is 1.38. The van der Waals surface area contributed by atoms with Crippen LogP contribution in [0.15, 0.2) is 23.0 Å². The number of hydrogen-bond acceptors (Lipinski definition) is 1. The number of para-hydroxylation sites is 1. The quantitative estimate of drug-likeness (QED) is 0.558. The van der Waals surface area contributed by atoms with Crippen LogP contribution in [0.1, 0.15) is 0 Å². The van der Waals surface area contributed by atoms with Crippen LogP contribution in [-0.4, -0.2) is 9.13 Å². The Kier molecular flexibility index (Phi) is 1.33. The monoisotopic (exact) mass is 161 g/mol. The number of aromatic nitrogens is 2. The SMILES string of the molecule is Cn1c(=O)n(C)c2ccc[c]c21. The molecule has 0 saturated carbocycles. The van der Waals surface area contributed by atoms with Gasteiger partial charge in [-0.05, 0) is 6.07 Å². The second kappa shape index (κ2) is 2.24. The molecule has 61 valence electrons. The molecule has 0 atom stereocenters. The van der Waals surface area contributed by atoms with Gasteiger partial charge in [-0.1, -0.05) is 12.1 Å². The maximum Gasteiger partial charge on any atom is 0.328 e. The minimum absolute atomic E-state index is 0.00699. The summed E-state index contributed by atoms with van der Waals surface area (Å²) in [5, 5.41) is 0. The molecule has 2 aromatic rings. The first-order chi connectivity index (χ1) is 5.72. The summed E-state index contributed by atoms with van der Waals surface area (Å²) in [6.07, 6.45) is 0. The van der Waals surface area contributed by atoms with E-state index in [1.807, 2.05) is 18.2 Å². The molecule has 0 bridgehead atoms. The van der Waals surface area contributed by atoms with Crippen LogP contribution in [0, 0.1) is 6.07 Å². The molecule has 12 heavy (non-hydrogen) atoms. The van der Waals surface area contributed by atoms with Crippen LogP contribution in [0.25, 0.3) is 11.0 Å². The average Bonchev–Trinajstić information content (AvgIpc) is 2.33. The van der Waals surface area contributed by atoms with Gasteiger partial charge in [-0.3, -0.25) is 9.13 Å². The summed E-state index contributed by atoms with van der Waals surface area (Å²) in [5.41, 5.74) is 1.77. The van der Waals surface area contributed by atoms with Gasteiger partial charge in [-0.2, -0.15) is 0 Å². The molecule has 2 rings (SSSR count). The van der Waals surface area contributed by atoms with Gasteiger partial charge in [0.2, 0.25) is 0 Å². The number of rotatable bonds is 0. The van der Waals surface area contributed by atoms with Crippen LogP contribution in [0.5, 0.6) is 0 Å². The van der Waals surface area contributed by atoms with E-state index >= 15 is 0 Å². The zero-order valence-corrected chi connectivity index (χ0v) is 7.03. The molecule has 0 unspecified atom stereocenters. The molecular weight excluding hydrogens is 152 g/mol. The van der Waals surface area contributed by atoms with Crippen LogP contribution in [-0.2, 0) is 14.1 Å². The number of fused-ring (bicyclic) bond motifs is 1. The highest BCUT2D eigenvalue weighted by atomic mass is 16.1. The zero-order chi connectivity index (χ0) is 8.72. The smallest absolute Gasteiger partial charge is 0.295 e. The van der Waals surface area contributed by atoms with Gasteiger partial charge in [0.15, 0.2) is 0 Å². The van der Waals surface area contributed by atoms with Crippen LogP contribution >= 0.6 is 0 Å². The Morgan fingerprint density at radius 1 is 1.33 bits per heavy atom. The van der Waals surface area contributed by atoms with Crippen molar-refractivity contribution < 1.29 is 0 Å². The van der Waals surface area contributed by atoms with Crippen molar-refractivity contribution in [3.63, 3.8) is 0 Å². The lowest BCUT2D eigenvalue weighted by atomic mass is 10.3. The molecule has 0 amide bonds. The lowest BCUT2D eigenvalue weighted by Crippen LogP contribution is -2.19. The lowest BCUT2D eigenvalue weighted by molar-refractivity contribution is 0.795. The zero-order valence-electron chi connectivity index (χ0n) is 7.03. The van der Waals surface area contributed by atoms with Crippen LogP contribution in [0.2, 0.25) is 0 Å². The van der Waals surface area contributed by atoms with Crippen LogP contribution in [0.4, 0.5) is 0 Å². The van der Waals surface area contributed by atoms with E-state index in [0.29, 0.717) is 0 Å². The molecule has 0 aliphatic rings. The summed E-state index contributed by atoms with van der Waals surface area (Å²) in [6.45, 7) is 0. The molecule has 3 heteroatoms. The third-order valence-corrected chi connectivity index (χ3v) is 2.08. The largest absolute Gasteiger partial charge is 0.328 e. The van der Waals surface area contributed by atoms with Crippen molar-refractivity contribution in [3.05, 3.63) is 34.7 Å². The number of aryl methyl sites for hydroxylation is 2. The molecule has 0 saturated heterocycles. The molecule has 1 heterocycles. The van der Waals surface area contributed by atoms with E-state index in [0.717, 1.165) is 11.0 Å². The Bertz CT molecular complexity index is 437. The number of hydrogen-bond donors (Lipinski definition) is 0. The lowest BCUT2D eigenvalue weighted by Gasteiger charge is -1.90. The molecule has 3 nitrogen and oxygen atoms in total. The van der Waals surface area contributed by atoms with Crippen LogP contribution in [0.3, 0.4) is 0 Å². The summed E-state index contributed by atoms with van der Waals surface area (Å²) < 4.78 is 3.21. The second-order valence-electron chi connectivity index (χ2n) is 2.80. The number of benzene rings is 1. The Morgan fingerprint density at radius 2 is 2.08 bits per heavy atom. The van der Waals surface area contributed by atoms with Gasteiger partial charge in [-0.15, -0.1) is 0 Å². The van der Waals surface area contributed by atoms with Gasteiger partial charge in [0, 0.05) is 20.2 Å². The first-order valence-corrected chi connectivity index (χ1v) is 3.74. The molecule has 0 aliphatic carbocycles. The van der Waals surface area contributed by atoms with Crippen molar-refractivity contribution >= 4 is 11.0 Å². The predicted octanol–water partition coefficient (Wildman–Crippen LogP) is 0.677. The second-order valence-corrected chi connectivity index (χ2v) is 2.80. The Balaban J connectivity index is 3.09. The minimum atomic E-state index is -0.00699. The van der Waals surface area contributed by atoms with E-state index in [1.54, 1.807) is 23.2 Å². The Hall–Kier alpha value is -1.51. The van der Waals surface area contributed by atoms with E-state index in [9.17, 15) is 4.79 Å². The molecule has 1 aromatic heterocycles. The van der Waals surface area contributed by atoms with Crippen molar-refractivity contribution in [1.29, 1.82) is 0 Å². The average molecular weight is 161 g/mol. The van der Waals surface area contributed by atoms with Crippen molar-refractivity contribution in [1.82, 2.24) is 9.13 Å². The van der Waals surface area contributed by atoms with E-state index < -0.39 is 0 Å². The van der Waals surface area contributed by atoms with Gasteiger partial charge in [-0.25, -0.2) is 4.79 Å². The molecule has 0 spiro atoms. The highest BCUT2D eigenvalue weighted by Crippen LogP contribution is 2.08. The first-order valence-electron chi connectivity index (χ1n) is 3.74. The third kappa shape index (κ3) is 0.733. The van der Waals surface area contributed by atoms with Crippen molar-refractivity contribution in [2.24, 2.45) is 14.1 Å². The van der Waals surface area contributed by atoms with Crippen molar-refractivity contribution in [3.8, 4) is 0 Å². The molecular formula is C9H9N2O. The highest BCUT2D eigenvalue weighted by Gasteiger charge is 2.04. The maximum absolute atomic E-state index is 11.4. The molecule has 1 aromatic carbocycles. The van der Waals surface area contributed by atoms with Gasteiger partial charge in [0.1, 0.15) is 0 Å². The predicted molar refractivity (Wildman–Crippen MR) is 47.0 cm³/mol. The fraction of sp³-hybridized carbons (Fsp3) is 0.222. The molecule has 0 fully saturated rings. The Labute approximate surface area is 69.9 Å². The van der Waals surface area contributed by atoms with Gasteiger partial charge in [0.25, 0.3) is 0 Å². The standard InChI is InChI=1S/C9H9N2O/c1-10-7-5-3-4-6-8(7)11(2)9(10)12/h3-5H,1-2H3.